The molecule has 0 saturated carbocycles. The SMILES string of the molecule is C/C(=C\c1ccccc1)[C@](C)(O)[C@@H]1C=CCCC1. The first-order valence-corrected chi connectivity index (χ1v) is 6.73. The van der Waals surface area contributed by atoms with Crippen molar-refractivity contribution >= 4 is 6.08 Å². The van der Waals surface area contributed by atoms with Gasteiger partial charge in [0.15, 0.2) is 0 Å². The van der Waals surface area contributed by atoms with Crippen LogP contribution in [-0.2, 0) is 0 Å². The molecule has 0 aromatic heterocycles. The summed E-state index contributed by atoms with van der Waals surface area (Å²) in [5.41, 5.74) is 1.44. The van der Waals surface area contributed by atoms with Crippen LogP contribution in [-0.4, -0.2) is 10.7 Å². The maximum absolute atomic E-state index is 10.7. The second kappa shape index (κ2) is 5.53. The summed E-state index contributed by atoms with van der Waals surface area (Å²) in [6.45, 7) is 3.96. The summed E-state index contributed by atoms with van der Waals surface area (Å²) < 4.78 is 0. The molecule has 1 N–H and O–H groups in total. The Morgan fingerprint density at radius 1 is 1.33 bits per heavy atom. The predicted molar refractivity (Wildman–Crippen MR) is 77.2 cm³/mol. The second-order valence-corrected chi connectivity index (χ2v) is 5.35. The van der Waals surface area contributed by atoms with Crippen LogP contribution in [0.25, 0.3) is 6.08 Å². The minimum Gasteiger partial charge on any atom is -0.385 e. The Kier molecular flexibility index (Phi) is 4.03. The normalized spacial score (nSPS) is 23.7. The van der Waals surface area contributed by atoms with Gasteiger partial charge in [0.1, 0.15) is 0 Å². The third-order valence-electron chi connectivity index (χ3n) is 3.96. The molecule has 2 atom stereocenters. The highest BCUT2D eigenvalue weighted by Gasteiger charge is 2.32. The van der Waals surface area contributed by atoms with Gasteiger partial charge >= 0.3 is 0 Å². The maximum atomic E-state index is 10.7. The Labute approximate surface area is 110 Å². The van der Waals surface area contributed by atoms with Crippen molar-refractivity contribution in [3.05, 3.63) is 53.6 Å². The van der Waals surface area contributed by atoms with Gasteiger partial charge in [-0.05, 0) is 44.2 Å². The molecule has 0 amide bonds. The van der Waals surface area contributed by atoms with E-state index in [0.29, 0.717) is 0 Å². The van der Waals surface area contributed by atoms with Gasteiger partial charge in [-0.3, -0.25) is 0 Å². The lowest BCUT2D eigenvalue weighted by atomic mass is 9.77. The predicted octanol–water partition coefficient (Wildman–Crippen LogP) is 4.20. The average Bonchev–Trinajstić information content (AvgIpc) is 2.41. The van der Waals surface area contributed by atoms with E-state index >= 15 is 0 Å². The van der Waals surface area contributed by atoms with Crippen molar-refractivity contribution in [2.24, 2.45) is 5.92 Å². The molecule has 0 fully saturated rings. The highest BCUT2D eigenvalue weighted by Crippen LogP contribution is 2.33. The lowest BCUT2D eigenvalue weighted by molar-refractivity contribution is 0.0497. The molecule has 1 heteroatoms. The Balaban J connectivity index is 2.21. The number of aliphatic hydroxyl groups is 1. The van der Waals surface area contributed by atoms with E-state index in [1.807, 2.05) is 32.0 Å². The van der Waals surface area contributed by atoms with Crippen LogP contribution >= 0.6 is 0 Å². The molecule has 1 aromatic rings. The van der Waals surface area contributed by atoms with Crippen LogP contribution in [0.5, 0.6) is 0 Å². The minimum absolute atomic E-state index is 0.242. The molecule has 0 radical (unpaired) electrons. The smallest absolute Gasteiger partial charge is 0.0891 e. The molecule has 2 rings (SSSR count). The van der Waals surface area contributed by atoms with E-state index in [0.717, 1.165) is 24.0 Å². The van der Waals surface area contributed by atoms with E-state index in [2.05, 4.69) is 30.4 Å². The molecule has 0 heterocycles. The summed E-state index contributed by atoms with van der Waals surface area (Å²) >= 11 is 0. The Bertz CT molecular complexity index is 440. The van der Waals surface area contributed by atoms with Crippen LogP contribution in [0.1, 0.15) is 38.7 Å². The zero-order chi connectivity index (χ0) is 13.0. The Morgan fingerprint density at radius 3 is 2.67 bits per heavy atom. The van der Waals surface area contributed by atoms with E-state index in [4.69, 9.17) is 0 Å². The maximum Gasteiger partial charge on any atom is 0.0891 e. The summed E-state index contributed by atoms with van der Waals surface area (Å²) in [5.74, 6) is 0.242. The topological polar surface area (TPSA) is 20.2 Å². The first-order chi connectivity index (χ1) is 8.60. The molecule has 96 valence electrons. The summed E-state index contributed by atoms with van der Waals surface area (Å²) in [4.78, 5) is 0. The molecule has 0 saturated heterocycles. The Hall–Kier alpha value is -1.34. The zero-order valence-electron chi connectivity index (χ0n) is 11.3. The Morgan fingerprint density at radius 2 is 2.06 bits per heavy atom. The molecule has 1 aromatic carbocycles. The first kappa shape index (κ1) is 13.1. The summed E-state index contributed by atoms with van der Waals surface area (Å²) in [7, 11) is 0. The van der Waals surface area contributed by atoms with E-state index < -0.39 is 5.60 Å². The number of hydrogen-bond donors (Lipinski definition) is 1. The number of hydrogen-bond acceptors (Lipinski definition) is 1. The van der Waals surface area contributed by atoms with Gasteiger partial charge < -0.3 is 5.11 Å². The minimum atomic E-state index is -0.743. The van der Waals surface area contributed by atoms with Crippen molar-refractivity contribution in [1.29, 1.82) is 0 Å². The van der Waals surface area contributed by atoms with Crippen molar-refractivity contribution in [2.75, 3.05) is 0 Å². The quantitative estimate of drug-likeness (QED) is 0.788. The average molecular weight is 242 g/mol. The van der Waals surface area contributed by atoms with Crippen LogP contribution in [0, 0.1) is 5.92 Å². The van der Waals surface area contributed by atoms with Gasteiger partial charge in [0.25, 0.3) is 0 Å². The van der Waals surface area contributed by atoms with Gasteiger partial charge in [-0.2, -0.15) is 0 Å². The van der Waals surface area contributed by atoms with Crippen LogP contribution in [0.4, 0.5) is 0 Å². The van der Waals surface area contributed by atoms with Gasteiger partial charge in [0.2, 0.25) is 0 Å². The van der Waals surface area contributed by atoms with Crippen molar-refractivity contribution < 1.29 is 5.11 Å². The standard InChI is InChI=1S/C17H22O/c1-14(13-15-9-5-3-6-10-15)17(2,18)16-11-7-4-8-12-16/h3,5-7,9-11,13,16,18H,4,8,12H2,1-2H3/b14-13+/t16-,17+/m1/s1. The van der Waals surface area contributed by atoms with Crippen LogP contribution in [0.3, 0.4) is 0 Å². The molecule has 0 unspecified atom stereocenters. The lowest BCUT2D eigenvalue weighted by Gasteiger charge is -2.33. The summed E-state index contributed by atoms with van der Waals surface area (Å²) in [5, 5.41) is 10.7. The van der Waals surface area contributed by atoms with E-state index in [9.17, 15) is 5.11 Å². The van der Waals surface area contributed by atoms with Crippen LogP contribution in [0.2, 0.25) is 0 Å². The summed E-state index contributed by atoms with van der Waals surface area (Å²) in [6.07, 6.45) is 9.85. The lowest BCUT2D eigenvalue weighted by Crippen LogP contribution is -2.35. The van der Waals surface area contributed by atoms with Crippen molar-refractivity contribution in [2.45, 2.75) is 38.7 Å². The molecular formula is C17H22O. The highest BCUT2D eigenvalue weighted by molar-refractivity contribution is 5.54. The van der Waals surface area contributed by atoms with E-state index in [1.54, 1.807) is 0 Å². The number of allylic oxidation sites excluding steroid dienone is 1. The van der Waals surface area contributed by atoms with Gasteiger partial charge in [0, 0.05) is 5.92 Å². The monoisotopic (exact) mass is 242 g/mol. The van der Waals surface area contributed by atoms with Gasteiger partial charge in [-0.25, -0.2) is 0 Å². The fourth-order valence-corrected chi connectivity index (χ4v) is 2.52. The third-order valence-corrected chi connectivity index (χ3v) is 3.96. The molecular weight excluding hydrogens is 220 g/mol. The third kappa shape index (κ3) is 2.91. The number of rotatable bonds is 3. The van der Waals surface area contributed by atoms with E-state index in [-0.39, 0.29) is 5.92 Å². The second-order valence-electron chi connectivity index (χ2n) is 5.35. The van der Waals surface area contributed by atoms with E-state index in [1.165, 1.54) is 6.42 Å². The molecule has 1 aliphatic rings. The van der Waals surface area contributed by atoms with Crippen LogP contribution < -0.4 is 0 Å². The molecule has 0 bridgehead atoms. The van der Waals surface area contributed by atoms with Crippen LogP contribution in [0.15, 0.2) is 48.1 Å². The fraction of sp³-hybridized carbons (Fsp3) is 0.412. The van der Waals surface area contributed by atoms with Gasteiger partial charge in [0.05, 0.1) is 5.60 Å². The van der Waals surface area contributed by atoms with Crippen molar-refractivity contribution in [3.63, 3.8) is 0 Å². The van der Waals surface area contributed by atoms with Gasteiger partial charge in [-0.1, -0.05) is 48.6 Å². The highest BCUT2D eigenvalue weighted by atomic mass is 16.3. The van der Waals surface area contributed by atoms with Crippen molar-refractivity contribution in [1.82, 2.24) is 0 Å². The fourth-order valence-electron chi connectivity index (χ4n) is 2.52. The zero-order valence-corrected chi connectivity index (χ0v) is 11.3. The van der Waals surface area contributed by atoms with Gasteiger partial charge in [-0.15, -0.1) is 0 Å². The molecule has 0 aliphatic heterocycles. The molecule has 18 heavy (non-hydrogen) atoms. The number of benzene rings is 1. The molecule has 0 spiro atoms. The van der Waals surface area contributed by atoms with Crippen molar-refractivity contribution in [3.8, 4) is 0 Å². The first-order valence-electron chi connectivity index (χ1n) is 6.73. The molecule has 1 aliphatic carbocycles. The molecule has 1 nitrogen and oxygen atoms in total. The summed E-state index contributed by atoms with van der Waals surface area (Å²) in [6, 6.07) is 10.2. The largest absolute Gasteiger partial charge is 0.385 e.